The van der Waals surface area contributed by atoms with Gasteiger partial charge < -0.3 is 9.47 Å². The predicted molar refractivity (Wildman–Crippen MR) is 119 cm³/mol. The molecule has 3 aromatic rings. The molecule has 0 radical (unpaired) electrons. The number of aryl methyl sites for hydroxylation is 1. The number of nitrogens with zero attached hydrogens (tertiary/aromatic N) is 1. The first-order chi connectivity index (χ1) is 15.2. The zero-order chi connectivity index (χ0) is 21.6. The number of benzene rings is 3. The molecule has 0 fully saturated rings. The molecule has 1 amide bonds. The van der Waals surface area contributed by atoms with Crippen LogP contribution in [-0.4, -0.2) is 30.3 Å². The highest BCUT2D eigenvalue weighted by atomic mass is 16.7. The van der Waals surface area contributed by atoms with Crippen LogP contribution in [0.5, 0.6) is 0 Å². The number of rotatable bonds is 7. The Labute approximate surface area is 181 Å². The van der Waals surface area contributed by atoms with Gasteiger partial charge in [-0.15, -0.1) is 6.58 Å². The summed E-state index contributed by atoms with van der Waals surface area (Å²) in [5, 5.41) is 2.08. The molecule has 0 aliphatic heterocycles. The van der Waals surface area contributed by atoms with Crippen molar-refractivity contribution in [1.29, 1.82) is 0 Å². The van der Waals surface area contributed by atoms with Crippen LogP contribution in [0.3, 0.4) is 0 Å². The topological polar surface area (TPSA) is 55.8 Å². The van der Waals surface area contributed by atoms with E-state index in [-0.39, 0.29) is 12.5 Å². The summed E-state index contributed by atoms with van der Waals surface area (Å²) < 4.78 is 10.5. The van der Waals surface area contributed by atoms with Crippen LogP contribution in [0.2, 0.25) is 0 Å². The van der Waals surface area contributed by atoms with Gasteiger partial charge in [-0.2, -0.15) is 0 Å². The summed E-state index contributed by atoms with van der Waals surface area (Å²) in [4.78, 5) is 26.7. The van der Waals surface area contributed by atoms with Crippen molar-refractivity contribution in [1.82, 2.24) is 4.90 Å². The van der Waals surface area contributed by atoms with E-state index in [4.69, 9.17) is 9.47 Å². The van der Waals surface area contributed by atoms with E-state index >= 15 is 0 Å². The Morgan fingerprint density at radius 2 is 1.77 bits per heavy atom. The third-order valence-electron chi connectivity index (χ3n) is 5.65. The van der Waals surface area contributed by atoms with E-state index in [1.807, 2.05) is 60.7 Å². The number of esters is 1. The zero-order valence-electron chi connectivity index (χ0n) is 17.3. The molecule has 158 valence electrons. The maximum atomic E-state index is 12.7. The van der Waals surface area contributed by atoms with Crippen molar-refractivity contribution in [3.8, 4) is 0 Å². The van der Waals surface area contributed by atoms with Gasteiger partial charge in [-0.1, -0.05) is 72.8 Å². The summed E-state index contributed by atoms with van der Waals surface area (Å²) in [7, 11) is 0. The normalized spacial score (nSPS) is 14.6. The van der Waals surface area contributed by atoms with Crippen molar-refractivity contribution >= 4 is 22.8 Å². The van der Waals surface area contributed by atoms with Crippen molar-refractivity contribution in [3.05, 3.63) is 96.1 Å². The first-order valence-electron chi connectivity index (χ1n) is 10.4. The molecule has 4 rings (SSSR count). The molecule has 31 heavy (non-hydrogen) atoms. The van der Waals surface area contributed by atoms with Gasteiger partial charge in [0.15, 0.2) is 0 Å². The summed E-state index contributed by atoms with van der Waals surface area (Å²) in [6.45, 7) is 3.71. The summed E-state index contributed by atoms with van der Waals surface area (Å²) in [6, 6.07) is 21.7. The van der Waals surface area contributed by atoms with Gasteiger partial charge in [-0.05, 0) is 40.3 Å². The van der Waals surface area contributed by atoms with Crippen LogP contribution >= 0.6 is 0 Å². The standard InChI is InChI=1S/C26H25NO4/c1-2-16-27(24-15-14-20-9-4-6-13-23(20)24)26(29)31-18-30-25(28)17-21-11-7-10-19-8-3-5-12-22(19)21/h2-13,24H,1,14-18H2/t24-/m1/s1. The molecule has 0 bridgehead atoms. The monoisotopic (exact) mass is 415 g/mol. The van der Waals surface area contributed by atoms with E-state index < -0.39 is 18.9 Å². The minimum Gasteiger partial charge on any atom is -0.428 e. The Bertz CT molecular complexity index is 1100. The number of carbonyl (C=O) groups is 2. The fourth-order valence-corrected chi connectivity index (χ4v) is 4.21. The van der Waals surface area contributed by atoms with E-state index in [1.165, 1.54) is 5.56 Å². The number of ether oxygens (including phenoxy) is 2. The Morgan fingerprint density at radius 1 is 1.00 bits per heavy atom. The highest BCUT2D eigenvalue weighted by Crippen LogP contribution is 2.35. The number of hydrogen-bond acceptors (Lipinski definition) is 4. The quantitative estimate of drug-likeness (QED) is 0.303. The van der Waals surface area contributed by atoms with Crippen LogP contribution < -0.4 is 0 Å². The van der Waals surface area contributed by atoms with Crippen molar-refractivity contribution in [2.24, 2.45) is 0 Å². The molecule has 0 spiro atoms. The summed E-state index contributed by atoms with van der Waals surface area (Å²) in [5.41, 5.74) is 3.26. The SMILES string of the molecule is C=CCN(C(=O)OCOC(=O)Cc1cccc2ccccc12)[C@@H]1CCc2ccccc21. The van der Waals surface area contributed by atoms with Crippen molar-refractivity contribution in [2.75, 3.05) is 13.3 Å². The van der Waals surface area contributed by atoms with Gasteiger partial charge in [0, 0.05) is 6.54 Å². The number of hydrogen-bond donors (Lipinski definition) is 0. The lowest BCUT2D eigenvalue weighted by molar-refractivity contribution is -0.151. The molecule has 1 aliphatic carbocycles. The fourth-order valence-electron chi connectivity index (χ4n) is 4.21. The second-order valence-corrected chi connectivity index (χ2v) is 7.55. The van der Waals surface area contributed by atoms with Crippen LogP contribution in [0.15, 0.2) is 79.4 Å². The zero-order valence-corrected chi connectivity index (χ0v) is 17.3. The number of amides is 1. The first kappa shape index (κ1) is 20.7. The van der Waals surface area contributed by atoms with Gasteiger partial charge >= 0.3 is 12.1 Å². The van der Waals surface area contributed by atoms with Gasteiger partial charge in [-0.3, -0.25) is 9.69 Å². The van der Waals surface area contributed by atoms with Crippen LogP contribution in [0.4, 0.5) is 4.79 Å². The number of fused-ring (bicyclic) bond motifs is 2. The minimum absolute atomic E-state index is 0.0620. The summed E-state index contributed by atoms with van der Waals surface area (Å²) in [6.07, 6.45) is 3.03. The van der Waals surface area contributed by atoms with Gasteiger partial charge in [0.1, 0.15) is 0 Å². The van der Waals surface area contributed by atoms with Crippen molar-refractivity contribution < 1.29 is 19.1 Å². The molecule has 0 saturated heterocycles. The summed E-state index contributed by atoms with van der Waals surface area (Å²) in [5.74, 6) is -0.439. The molecule has 5 nitrogen and oxygen atoms in total. The fraction of sp³-hybridized carbons (Fsp3) is 0.231. The highest BCUT2D eigenvalue weighted by molar-refractivity contribution is 5.89. The molecule has 5 heteroatoms. The van der Waals surface area contributed by atoms with Gasteiger partial charge in [-0.25, -0.2) is 4.79 Å². The van der Waals surface area contributed by atoms with Crippen molar-refractivity contribution in [3.63, 3.8) is 0 Å². The second kappa shape index (κ2) is 9.47. The van der Waals surface area contributed by atoms with E-state index in [9.17, 15) is 9.59 Å². The van der Waals surface area contributed by atoms with Crippen LogP contribution in [0.1, 0.15) is 29.2 Å². The Hall–Kier alpha value is -3.60. The molecule has 1 aliphatic rings. The molecule has 0 aromatic heterocycles. The molecular weight excluding hydrogens is 390 g/mol. The Balaban J connectivity index is 1.34. The average Bonchev–Trinajstić information content (AvgIpc) is 3.21. The van der Waals surface area contributed by atoms with E-state index in [0.29, 0.717) is 6.54 Å². The van der Waals surface area contributed by atoms with Gasteiger partial charge in [0.05, 0.1) is 12.5 Å². The first-order valence-corrected chi connectivity index (χ1v) is 10.4. The third-order valence-corrected chi connectivity index (χ3v) is 5.65. The van der Waals surface area contributed by atoms with E-state index in [2.05, 4.69) is 12.6 Å². The largest absolute Gasteiger partial charge is 0.428 e. The lowest BCUT2D eigenvalue weighted by Crippen LogP contribution is -2.35. The average molecular weight is 415 g/mol. The van der Waals surface area contributed by atoms with E-state index in [1.54, 1.807) is 11.0 Å². The van der Waals surface area contributed by atoms with Gasteiger partial charge in [0.2, 0.25) is 6.79 Å². The highest BCUT2D eigenvalue weighted by Gasteiger charge is 2.31. The van der Waals surface area contributed by atoms with Crippen molar-refractivity contribution in [2.45, 2.75) is 25.3 Å². The third kappa shape index (κ3) is 4.61. The smallest absolute Gasteiger partial charge is 0.413 e. The van der Waals surface area contributed by atoms with Crippen LogP contribution in [0.25, 0.3) is 10.8 Å². The molecular formula is C26H25NO4. The maximum Gasteiger partial charge on any atom is 0.413 e. The van der Waals surface area contributed by atoms with Crippen LogP contribution in [0, 0.1) is 0 Å². The Kier molecular flexibility index (Phi) is 6.32. The second-order valence-electron chi connectivity index (χ2n) is 7.55. The summed E-state index contributed by atoms with van der Waals surface area (Å²) >= 11 is 0. The molecule has 1 atom stereocenters. The van der Waals surface area contributed by atoms with Gasteiger partial charge in [0.25, 0.3) is 0 Å². The van der Waals surface area contributed by atoms with E-state index in [0.717, 1.165) is 34.7 Å². The molecule has 0 unspecified atom stereocenters. The lowest BCUT2D eigenvalue weighted by Gasteiger charge is -2.27. The molecule has 0 heterocycles. The molecule has 0 saturated carbocycles. The molecule has 3 aromatic carbocycles. The number of carbonyl (C=O) groups excluding carboxylic acids is 2. The minimum atomic E-state index is -0.514. The van der Waals surface area contributed by atoms with Crippen LogP contribution in [-0.2, 0) is 27.1 Å². The molecule has 0 N–H and O–H groups in total. The maximum absolute atomic E-state index is 12.7. The Morgan fingerprint density at radius 3 is 2.65 bits per heavy atom. The lowest BCUT2D eigenvalue weighted by atomic mass is 10.0. The predicted octanol–water partition coefficient (Wildman–Crippen LogP) is 5.20.